The smallest absolute Gasteiger partial charge is 0.189 e. The van der Waals surface area contributed by atoms with Gasteiger partial charge in [0.2, 0.25) is 0 Å². The van der Waals surface area contributed by atoms with Crippen molar-refractivity contribution in [2.45, 2.75) is 40.2 Å². The molecule has 0 aromatic carbocycles. The van der Waals surface area contributed by atoms with Crippen LogP contribution in [0.3, 0.4) is 0 Å². The van der Waals surface area contributed by atoms with E-state index in [1.807, 2.05) is 18.7 Å². The molecule has 0 spiro atoms. The van der Waals surface area contributed by atoms with Crippen molar-refractivity contribution in [3.8, 4) is 0 Å². The van der Waals surface area contributed by atoms with Crippen LogP contribution in [0, 0.1) is 0 Å². The Morgan fingerprint density at radius 2 is 2.11 bits per heavy atom. The molecule has 0 fully saturated rings. The van der Waals surface area contributed by atoms with Crippen LogP contribution in [0.2, 0.25) is 0 Å². The molecular formula is C14H25N5. The summed E-state index contributed by atoms with van der Waals surface area (Å²) in [5.41, 5.74) is 10.4. The molecule has 19 heavy (non-hydrogen) atoms. The number of nitrogens with one attached hydrogen (secondary N) is 1. The van der Waals surface area contributed by atoms with Gasteiger partial charge in [0.05, 0.1) is 12.2 Å². The van der Waals surface area contributed by atoms with E-state index < -0.39 is 0 Å². The Hall–Kier alpha value is -1.78. The van der Waals surface area contributed by atoms with Gasteiger partial charge in [-0.1, -0.05) is 26.0 Å². The largest absolute Gasteiger partial charge is 0.370 e. The average Bonchev–Trinajstić information content (AvgIpc) is 2.69. The standard InChI is InChI=1S/C14H25N5/c1-6-12-11(13(7-2)19(5)18-12)9-17-14(15)16-8-10(3)4/h3,6-9H2,1-2,4-5H3,(H3,15,16,17). The minimum Gasteiger partial charge on any atom is -0.370 e. The van der Waals surface area contributed by atoms with E-state index in [1.165, 1.54) is 11.3 Å². The second kappa shape index (κ2) is 6.97. The van der Waals surface area contributed by atoms with Crippen LogP contribution in [0.25, 0.3) is 0 Å². The van der Waals surface area contributed by atoms with E-state index in [4.69, 9.17) is 5.73 Å². The lowest BCUT2D eigenvalue weighted by Gasteiger charge is -2.06. The van der Waals surface area contributed by atoms with Gasteiger partial charge in [0.1, 0.15) is 0 Å². The zero-order valence-electron chi connectivity index (χ0n) is 12.5. The molecule has 0 aliphatic heterocycles. The first-order valence-corrected chi connectivity index (χ1v) is 6.71. The fraction of sp³-hybridized carbons (Fsp3) is 0.571. The van der Waals surface area contributed by atoms with Gasteiger partial charge in [-0.3, -0.25) is 4.68 Å². The molecule has 0 bridgehead atoms. The van der Waals surface area contributed by atoms with Gasteiger partial charge in [-0.2, -0.15) is 5.10 Å². The van der Waals surface area contributed by atoms with Gasteiger partial charge in [0.25, 0.3) is 0 Å². The van der Waals surface area contributed by atoms with Crippen LogP contribution in [-0.4, -0.2) is 22.3 Å². The first-order valence-electron chi connectivity index (χ1n) is 6.71. The molecule has 0 radical (unpaired) electrons. The van der Waals surface area contributed by atoms with Crippen LogP contribution in [0.15, 0.2) is 17.1 Å². The van der Waals surface area contributed by atoms with E-state index in [0.29, 0.717) is 19.0 Å². The molecule has 5 heteroatoms. The zero-order valence-corrected chi connectivity index (χ0v) is 12.5. The third-order valence-corrected chi connectivity index (χ3v) is 3.01. The molecule has 0 atom stereocenters. The van der Waals surface area contributed by atoms with Crippen molar-refractivity contribution < 1.29 is 0 Å². The van der Waals surface area contributed by atoms with Crippen molar-refractivity contribution >= 4 is 5.96 Å². The molecule has 0 amide bonds. The van der Waals surface area contributed by atoms with Crippen molar-refractivity contribution in [1.82, 2.24) is 15.1 Å². The molecule has 1 aromatic rings. The zero-order chi connectivity index (χ0) is 14.4. The molecule has 1 heterocycles. The SMILES string of the molecule is C=C(C)CNC(N)=NCc1c(CC)nn(C)c1CC. The number of aromatic nitrogens is 2. The third-order valence-electron chi connectivity index (χ3n) is 3.01. The Labute approximate surface area is 115 Å². The van der Waals surface area contributed by atoms with E-state index >= 15 is 0 Å². The van der Waals surface area contributed by atoms with Crippen molar-refractivity contribution in [1.29, 1.82) is 0 Å². The predicted octanol–water partition coefficient (Wildman–Crippen LogP) is 1.53. The van der Waals surface area contributed by atoms with E-state index in [0.717, 1.165) is 24.1 Å². The second-order valence-electron chi connectivity index (χ2n) is 4.71. The maximum Gasteiger partial charge on any atom is 0.189 e. The molecule has 0 unspecified atom stereocenters. The maximum absolute atomic E-state index is 5.83. The quantitative estimate of drug-likeness (QED) is 0.464. The van der Waals surface area contributed by atoms with Gasteiger partial charge < -0.3 is 11.1 Å². The molecule has 5 nitrogen and oxygen atoms in total. The minimum absolute atomic E-state index is 0.455. The van der Waals surface area contributed by atoms with Gasteiger partial charge in [0.15, 0.2) is 5.96 Å². The highest BCUT2D eigenvalue weighted by molar-refractivity contribution is 5.78. The summed E-state index contributed by atoms with van der Waals surface area (Å²) in [5, 5.41) is 7.56. The first kappa shape index (κ1) is 15.3. The highest BCUT2D eigenvalue weighted by Gasteiger charge is 2.12. The summed E-state index contributed by atoms with van der Waals surface area (Å²) in [6, 6.07) is 0. The van der Waals surface area contributed by atoms with Crippen LogP contribution in [0.5, 0.6) is 0 Å². The van der Waals surface area contributed by atoms with E-state index in [2.05, 4.69) is 35.8 Å². The lowest BCUT2D eigenvalue weighted by atomic mass is 10.1. The van der Waals surface area contributed by atoms with Gasteiger partial charge >= 0.3 is 0 Å². The van der Waals surface area contributed by atoms with Gasteiger partial charge in [-0.25, -0.2) is 4.99 Å². The van der Waals surface area contributed by atoms with Crippen LogP contribution < -0.4 is 11.1 Å². The van der Waals surface area contributed by atoms with Crippen molar-refractivity contribution in [2.75, 3.05) is 6.54 Å². The lowest BCUT2D eigenvalue weighted by molar-refractivity contribution is 0.703. The summed E-state index contributed by atoms with van der Waals surface area (Å²) in [6.45, 7) is 11.2. The number of rotatable bonds is 6. The number of aliphatic imine (C=N–C) groups is 1. The lowest BCUT2D eigenvalue weighted by Crippen LogP contribution is -2.32. The molecular weight excluding hydrogens is 238 g/mol. The highest BCUT2D eigenvalue weighted by Crippen LogP contribution is 2.16. The Balaban J connectivity index is 2.81. The summed E-state index contributed by atoms with van der Waals surface area (Å²) in [4.78, 5) is 4.39. The predicted molar refractivity (Wildman–Crippen MR) is 80.1 cm³/mol. The monoisotopic (exact) mass is 263 g/mol. The van der Waals surface area contributed by atoms with Crippen LogP contribution in [0.4, 0.5) is 0 Å². The number of hydrogen-bond acceptors (Lipinski definition) is 2. The molecule has 0 saturated heterocycles. The van der Waals surface area contributed by atoms with E-state index in [1.54, 1.807) is 0 Å². The molecule has 1 aromatic heterocycles. The topological polar surface area (TPSA) is 68.2 Å². The van der Waals surface area contributed by atoms with Crippen molar-refractivity contribution in [3.63, 3.8) is 0 Å². The molecule has 106 valence electrons. The maximum atomic E-state index is 5.83. The normalized spacial score (nSPS) is 11.7. The molecule has 0 saturated carbocycles. The second-order valence-corrected chi connectivity index (χ2v) is 4.71. The van der Waals surface area contributed by atoms with Gasteiger partial charge in [-0.05, 0) is 19.8 Å². The van der Waals surface area contributed by atoms with Crippen molar-refractivity contribution in [2.24, 2.45) is 17.8 Å². The molecule has 1 rings (SSSR count). The fourth-order valence-corrected chi connectivity index (χ4v) is 2.03. The highest BCUT2D eigenvalue weighted by atomic mass is 15.3. The molecule has 3 N–H and O–H groups in total. The summed E-state index contributed by atoms with van der Waals surface area (Å²) in [7, 11) is 1.98. The van der Waals surface area contributed by atoms with E-state index in [9.17, 15) is 0 Å². The van der Waals surface area contributed by atoms with Gasteiger partial charge in [-0.15, -0.1) is 0 Å². The third kappa shape index (κ3) is 4.12. The summed E-state index contributed by atoms with van der Waals surface area (Å²) in [5.74, 6) is 0.455. The Bertz CT molecular complexity index is 470. The Morgan fingerprint density at radius 3 is 2.63 bits per heavy atom. The van der Waals surface area contributed by atoms with Crippen LogP contribution >= 0.6 is 0 Å². The number of nitrogens with two attached hydrogens (primary N) is 1. The van der Waals surface area contributed by atoms with Crippen LogP contribution in [0.1, 0.15) is 37.7 Å². The summed E-state index contributed by atoms with van der Waals surface area (Å²) in [6.07, 6.45) is 1.87. The molecule has 0 aliphatic carbocycles. The molecule has 0 aliphatic rings. The first-order chi connectivity index (χ1) is 8.99. The Morgan fingerprint density at radius 1 is 1.42 bits per heavy atom. The number of hydrogen-bond donors (Lipinski definition) is 2. The van der Waals surface area contributed by atoms with Gasteiger partial charge in [0, 0.05) is 24.8 Å². The Kier molecular flexibility index (Phi) is 5.60. The average molecular weight is 263 g/mol. The number of guanidine groups is 1. The van der Waals surface area contributed by atoms with E-state index in [-0.39, 0.29) is 0 Å². The summed E-state index contributed by atoms with van der Waals surface area (Å²) >= 11 is 0. The number of nitrogens with zero attached hydrogens (tertiary/aromatic N) is 3. The minimum atomic E-state index is 0.455. The fourth-order valence-electron chi connectivity index (χ4n) is 2.03. The summed E-state index contributed by atoms with van der Waals surface area (Å²) < 4.78 is 1.95. The van der Waals surface area contributed by atoms with Crippen LogP contribution in [-0.2, 0) is 26.4 Å². The van der Waals surface area contributed by atoms with Crippen molar-refractivity contribution in [3.05, 3.63) is 29.1 Å². The number of aryl methyl sites for hydroxylation is 2.